The van der Waals surface area contributed by atoms with Crippen LogP contribution in [-0.4, -0.2) is 26.3 Å². The van der Waals surface area contributed by atoms with E-state index in [-0.39, 0.29) is 15.7 Å². The highest BCUT2D eigenvalue weighted by molar-refractivity contribution is 9.10. The maximum atomic E-state index is 13.5. The lowest BCUT2D eigenvalue weighted by Gasteiger charge is -2.09. The Kier molecular flexibility index (Phi) is 4.00. The summed E-state index contributed by atoms with van der Waals surface area (Å²) in [6, 6.07) is 1.03. The smallest absolute Gasteiger partial charge is 0.340 e. The summed E-state index contributed by atoms with van der Waals surface area (Å²) in [5.74, 6) is -1.28. The molecule has 0 radical (unpaired) electrons. The Morgan fingerprint density at radius 3 is 2.81 bits per heavy atom. The van der Waals surface area contributed by atoms with Gasteiger partial charge >= 0.3 is 5.97 Å². The van der Waals surface area contributed by atoms with Crippen LogP contribution in [-0.2, 0) is 4.74 Å². The number of anilines is 1. The molecular weight excluding hydrogens is 279 g/mol. The summed E-state index contributed by atoms with van der Waals surface area (Å²) in [6.07, 6.45) is 1.37. The van der Waals surface area contributed by atoms with Crippen molar-refractivity contribution in [3.05, 3.63) is 27.5 Å². The Hall–Kier alpha value is -1.43. The lowest BCUT2D eigenvalue weighted by atomic mass is 10.1. The second-order valence-electron chi connectivity index (χ2n) is 2.93. The molecule has 1 aromatic rings. The second kappa shape index (κ2) is 5.07. The Bertz CT molecular complexity index is 461. The van der Waals surface area contributed by atoms with Gasteiger partial charge in [0.15, 0.2) is 0 Å². The molecule has 0 saturated carbocycles. The SMILES string of the molecule is CN=Cc1c(N)c(C(=O)OC)cc(F)c1Br. The van der Waals surface area contributed by atoms with Crippen molar-refractivity contribution >= 4 is 33.8 Å². The number of rotatable bonds is 2. The van der Waals surface area contributed by atoms with Gasteiger partial charge in [-0.25, -0.2) is 9.18 Å². The number of ether oxygens (including phenoxy) is 1. The molecular formula is C10H10BrFN2O2. The van der Waals surface area contributed by atoms with E-state index in [1.54, 1.807) is 0 Å². The third-order valence-corrected chi connectivity index (χ3v) is 2.77. The zero-order chi connectivity index (χ0) is 12.3. The molecule has 6 heteroatoms. The van der Waals surface area contributed by atoms with Gasteiger partial charge in [-0.05, 0) is 22.0 Å². The number of esters is 1. The summed E-state index contributed by atoms with van der Waals surface area (Å²) in [6.45, 7) is 0. The summed E-state index contributed by atoms with van der Waals surface area (Å²) in [5.41, 5.74) is 6.16. The van der Waals surface area contributed by atoms with Gasteiger partial charge in [-0.3, -0.25) is 4.99 Å². The van der Waals surface area contributed by atoms with Crippen LogP contribution in [0.2, 0.25) is 0 Å². The maximum absolute atomic E-state index is 13.5. The van der Waals surface area contributed by atoms with E-state index in [9.17, 15) is 9.18 Å². The molecule has 0 saturated heterocycles. The van der Waals surface area contributed by atoms with Gasteiger partial charge in [0.05, 0.1) is 22.8 Å². The van der Waals surface area contributed by atoms with Crippen LogP contribution in [0.3, 0.4) is 0 Å². The molecule has 0 aliphatic rings. The van der Waals surface area contributed by atoms with Crippen LogP contribution in [0.25, 0.3) is 0 Å². The Morgan fingerprint density at radius 1 is 1.69 bits per heavy atom. The Labute approximate surface area is 100 Å². The lowest BCUT2D eigenvalue weighted by molar-refractivity contribution is 0.0601. The predicted molar refractivity (Wildman–Crippen MR) is 63.4 cm³/mol. The van der Waals surface area contributed by atoms with Crippen molar-refractivity contribution in [1.82, 2.24) is 0 Å². The molecule has 0 spiro atoms. The number of hydrogen-bond donors (Lipinski definition) is 1. The summed E-state index contributed by atoms with van der Waals surface area (Å²) in [4.78, 5) is 15.1. The standard InChI is InChI=1S/C10H10BrFN2O2/c1-14-4-6-8(11)7(12)3-5(9(6)13)10(15)16-2/h3-4H,13H2,1-2H3. The second-order valence-corrected chi connectivity index (χ2v) is 3.72. The lowest BCUT2D eigenvalue weighted by Crippen LogP contribution is -2.09. The molecule has 0 heterocycles. The first kappa shape index (κ1) is 12.6. The summed E-state index contributed by atoms with van der Waals surface area (Å²) >= 11 is 3.04. The molecule has 0 amide bonds. The normalized spacial score (nSPS) is 10.8. The van der Waals surface area contributed by atoms with Crippen molar-refractivity contribution in [2.24, 2.45) is 4.99 Å². The molecule has 0 aliphatic heterocycles. The average Bonchev–Trinajstić information content (AvgIpc) is 2.28. The first-order chi connectivity index (χ1) is 7.52. The van der Waals surface area contributed by atoms with Crippen molar-refractivity contribution in [3.8, 4) is 0 Å². The number of methoxy groups -OCH3 is 1. The van der Waals surface area contributed by atoms with E-state index in [1.807, 2.05) is 0 Å². The molecule has 0 bridgehead atoms. The number of carbonyl (C=O) groups excluding carboxylic acids is 1. The Morgan fingerprint density at radius 2 is 2.31 bits per heavy atom. The van der Waals surface area contributed by atoms with E-state index in [0.29, 0.717) is 5.56 Å². The number of benzene rings is 1. The fourth-order valence-electron chi connectivity index (χ4n) is 1.19. The van der Waals surface area contributed by atoms with Gasteiger partial charge in [0.25, 0.3) is 0 Å². The van der Waals surface area contributed by atoms with Crippen molar-refractivity contribution in [2.45, 2.75) is 0 Å². The quantitative estimate of drug-likeness (QED) is 0.514. The van der Waals surface area contributed by atoms with Crippen LogP contribution in [0.1, 0.15) is 15.9 Å². The summed E-state index contributed by atoms with van der Waals surface area (Å²) < 4.78 is 18.1. The summed E-state index contributed by atoms with van der Waals surface area (Å²) in [5, 5.41) is 0. The number of nitrogens with zero attached hydrogens (tertiary/aromatic N) is 1. The molecule has 0 atom stereocenters. The molecule has 16 heavy (non-hydrogen) atoms. The van der Waals surface area contributed by atoms with Gasteiger partial charge in [-0.2, -0.15) is 0 Å². The minimum atomic E-state index is -0.686. The average molecular weight is 289 g/mol. The van der Waals surface area contributed by atoms with Crippen LogP contribution >= 0.6 is 15.9 Å². The van der Waals surface area contributed by atoms with Crippen LogP contribution in [0.5, 0.6) is 0 Å². The third-order valence-electron chi connectivity index (χ3n) is 1.96. The Balaban J connectivity index is 3.49. The van der Waals surface area contributed by atoms with Gasteiger partial charge in [-0.15, -0.1) is 0 Å². The van der Waals surface area contributed by atoms with Gasteiger partial charge in [0, 0.05) is 18.8 Å². The molecule has 2 N–H and O–H groups in total. The van der Waals surface area contributed by atoms with Crippen LogP contribution in [0, 0.1) is 5.82 Å². The monoisotopic (exact) mass is 288 g/mol. The van der Waals surface area contributed by atoms with Crippen LogP contribution < -0.4 is 5.73 Å². The highest BCUT2D eigenvalue weighted by atomic mass is 79.9. The number of halogens is 2. The minimum Gasteiger partial charge on any atom is -0.465 e. The molecule has 0 aromatic heterocycles. The van der Waals surface area contributed by atoms with E-state index in [1.165, 1.54) is 20.4 Å². The number of nitrogens with two attached hydrogens (primary N) is 1. The van der Waals surface area contributed by atoms with E-state index in [2.05, 4.69) is 25.7 Å². The molecule has 4 nitrogen and oxygen atoms in total. The van der Waals surface area contributed by atoms with Gasteiger partial charge in [-0.1, -0.05) is 0 Å². The fourth-order valence-corrected chi connectivity index (χ4v) is 1.62. The van der Waals surface area contributed by atoms with E-state index < -0.39 is 11.8 Å². The zero-order valence-electron chi connectivity index (χ0n) is 8.75. The molecule has 1 rings (SSSR count). The highest BCUT2D eigenvalue weighted by Gasteiger charge is 2.18. The van der Waals surface area contributed by atoms with Gasteiger partial charge < -0.3 is 10.5 Å². The van der Waals surface area contributed by atoms with Crippen LogP contribution in [0.15, 0.2) is 15.5 Å². The first-order valence-corrected chi connectivity index (χ1v) is 5.10. The van der Waals surface area contributed by atoms with Gasteiger partial charge in [0.2, 0.25) is 0 Å². The molecule has 0 aliphatic carbocycles. The largest absolute Gasteiger partial charge is 0.465 e. The topological polar surface area (TPSA) is 64.7 Å². The van der Waals surface area contributed by atoms with Crippen LogP contribution in [0.4, 0.5) is 10.1 Å². The van der Waals surface area contributed by atoms with Crippen molar-refractivity contribution < 1.29 is 13.9 Å². The van der Waals surface area contributed by atoms with Crippen molar-refractivity contribution in [3.63, 3.8) is 0 Å². The third kappa shape index (κ3) is 2.21. The summed E-state index contributed by atoms with van der Waals surface area (Å²) in [7, 11) is 2.73. The highest BCUT2D eigenvalue weighted by Crippen LogP contribution is 2.28. The number of hydrogen-bond acceptors (Lipinski definition) is 4. The predicted octanol–water partition coefficient (Wildman–Crippen LogP) is 2.01. The van der Waals surface area contributed by atoms with Crippen molar-refractivity contribution in [1.29, 1.82) is 0 Å². The fraction of sp³-hybridized carbons (Fsp3) is 0.200. The molecule has 86 valence electrons. The number of nitrogen functional groups attached to an aromatic ring is 1. The van der Waals surface area contributed by atoms with E-state index >= 15 is 0 Å². The van der Waals surface area contributed by atoms with E-state index in [0.717, 1.165) is 6.07 Å². The number of carbonyl (C=O) groups is 1. The van der Waals surface area contributed by atoms with Crippen molar-refractivity contribution in [2.75, 3.05) is 19.9 Å². The first-order valence-electron chi connectivity index (χ1n) is 4.30. The maximum Gasteiger partial charge on any atom is 0.340 e. The zero-order valence-corrected chi connectivity index (χ0v) is 10.3. The van der Waals surface area contributed by atoms with E-state index in [4.69, 9.17) is 5.73 Å². The number of aliphatic imine (C=N–C) groups is 1. The minimum absolute atomic E-state index is 0.0156. The van der Waals surface area contributed by atoms with Gasteiger partial charge in [0.1, 0.15) is 5.82 Å². The molecule has 0 fully saturated rings. The molecule has 0 unspecified atom stereocenters. The molecule has 1 aromatic carbocycles.